The second-order valence-electron chi connectivity index (χ2n) is 8.53. The maximum Gasteiger partial charge on any atom is 0.138 e. The number of hydrogen-bond donors (Lipinski definition) is 0. The van der Waals surface area contributed by atoms with Gasteiger partial charge < -0.3 is 9.64 Å². The fourth-order valence-electron chi connectivity index (χ4n) is 3.43. The van der Waals surface area contributed by atoms with Crippen molar-refractivity contribution in [3.8, 4) is 0 Å². The van der Waals surface area contributed by atoms with Crippen LogP contribution in [0.25, 0.3) is 0 Å². The summed E-state index contributed by atoms with van der Waals surface area (Å²) < 4.78 is 5.42. The van der Waals surface area contributed by atoms with Crippen LogP contribution < -0.4 is 0 Å². The number of ketones is 1. The molecular weight excluding hydrogens is 346 g/mol. The van der Waals surface area contributed by atoms with E-state index in [-0.39, 0.29) is 5.41 Å². The molecule has 3 heteroatoms. The van der Waals surface area contributed by atoms with Crippen LogP contribution in [0.1, 0.15) is 119 Å². The highest BCUT2D eigenvalue weighted by atomic mass is 16.5. The zero-order valence-corrected chi connectivity index (χ0v) is 20.7. The number of nitrogens with zero attached hydrogens (tertiary/aromatic N) is 1. The maximum absolute atomic E-state index is 11.8. The summed E-state index contributed by atoms with van der Waals surface area (Å²) in [5.41, 5.74) is -0.154. The van der Waals surface area contributed by atoms with Gasteiger partial charge in [-0.2, -0.15) is 0 Å². The van der Waals surface area contributed by atoms with Crippen molar-refractivity contribution in [1.29, 1.82) is 0 Å². The molecule has 0 aromatic carbocycles. The summed E-state index contributed by atoms with van der Waals surface area (Å²) in [5, 5.41) is 0. The minimum atomic E-state index is -0.154. The van der Waals surface area contributed by atoms with Gasteiger partial charge in [0.25, 0.3) is 0 Å². The van der Waals surface area contributed by atoms with Crippen LogP contribution in [0.15, 0.2) is 0 Å². The lowest BCUT2D eigenvalue weighted by Crippen LogP contribution is -2.37. The molecule has 1 aliphatic rings. The highest BCUT2D eigenvalue weighted by Gasteiger charge is 2.20. The fraction of sp³-hybridized carbons (Fsp3) is 0.960. The summed E-state index contributed by atoms with van der Waals surface area (Å²) in [5.74, 6) is 0.414. The maximum atomic E-state index is 11.8. The molecule has 0 aromatic rings. The molecule has 1 fully saturated rings. The summed E-state index contributed by atoms with van der Waals surface area (Å²) in [7, 11) is 1.84. The molecule has 0 N–H and O–H groups in total. The van der Waals surface area contributed by atoms with Crippen LogP contribution in [-0.2, 0) is 9.53 Å². The molecule has 1 saturated heterocycles. The topological polar surface area (TPSA) is 29.5 Å². The van der Waals surface area contributed by atoms with Crippen LogP contribution in [0.2, 0.25) is 0 Å². The monoisotopic (exact) mass is 399 g/mol. The Hall–Kier alpha value is -0.410. The Morgan fingerprint density at radius 2 is 1.25 bits per heavy atom. The molecule has 0 aromatic heterocycles. The fourth-order valence-corrected chi connectivity index (χ4v) is 3.43. The van der Waals surface area contributed by atoms with E-state index in [2.05, 4.69) is 4.90 Å². The van der Waals surface area contributed by atoms with Crippen molar-refractivity contribution in [3.05, 3.63) is 0 Å². The van der Waals surface area contributed by atoms with Gasteiger partial charge >= 0.3 is 0 Å². The Bertz CT molecular complexity index is 328. The third kappa shape index (κ3) is 16.5. The highest BCUT2D eigenvalue weighted by Crippen LogP contribution is 2.19. The normalized spacial score (nSPS) is 15.3. The first-order valence-electron chi connectivity index (χ1n) is 12.2. The third-order valence-electron chi connectivity index (χ3n) is 5.33. The Kier molecular flexibility index (Phi) is 21.2. The number of likely N-dealkylation sites (tertiary alicyclic amines) is 1. The first kappa shape index (κ1) is 29.8. The van der Waals surface area contributed by atoms with Gasteiger partial charge in [-0.1, -0.05) is 87.0 Å². The quantitative estimate of drug-likeness (QED) is 0.323. The van der Waals surface area contributed by atoms with Crippen molar-refractivity contribution >= 4 is 5.78 Å². The Morgan fingerprint density at radius 3 is 1.68 bits per heavy atom. The Morgan fingerprint density at radius 1 is 0.821 bits per heavy atom. The third-order valence-corrected chi connectivity index (χ3v) is 5.33. The lowest BCUT2D eigenvalue weighted by Gasteiger charge is -2.31. The van der Waals surface area contributed by atoms with E-state index in [1.165, 1.54) is 77.4 Å². The number of carbonyl (C=O) groups excluding carboxylic acids is 1. The van der Waals surface area contributed by atoms with Gasteiger partial charge in [0.1, 0.15) is 5.78 Å². The van der Waals surface area contributed by atoms with Gasteiger partial charge in [-0.05, 0) is 32.2 Å². The standard InChI is InChI=1S/C21H41NO2.2C2H6/c1-21(2,3)20(23)13-11-9-7-5-6-8-10-12-16-22-17-14-19(24-4)15-18-22;2*1-2/h19H,5-18H2,1-4H3;2*1-2H3. The van der Waals surface area contributed by atoms with Gasteiger partial charge in [-0.25, -0.2) is 0 Å². The number of ether oxygens (including phenoxy) is 1. The molecule has 0 atom stereocenters. The van der Waals surface area contributed by atoms with Crippen molar-refractivity contribution in [3.63, 3.8) is 0 Å². The summed E-state index contributed by atoms with van der Waals surface area (Å²) in [6.45, 7) is 17.8. The predicted octanol–water partition coefficient (Wildman–Crippen LogP) is 7.28. The molecule has 0 spiro atoms. The molecule has 1 aliphatic heterocycles. The molecule has 0 aliphatic carbocycles. The minimum Gasteiger partial charge on any atom is -0.381 e. The van der Waals surface area contributed by atoms with Crippen molar-refractivity contribution in [2.24, 2.45) is 5.41 Å². The predicted molar refractivity (Wildman–Crippen MR) is 125 cm³/mol. The molecule has 0 unspecified atom stereocenters. The molecule has 170 valence electrons. The van der Waals surface area contributed by atoms with Crippen molar-refractivity contribution in [1.82, 2.24) is 4.90 Å². The number of Topliss-reactive ketones (excluding diaryl/α,β-unsaturated/α-hetero) is 1. The largest absolute Gasteiger partial charge is 0.381 e. The van der Waals surface area contributed by atoms with Crippen molar-refractivity contribution in [2.75, 3.05) is 26.7 Å². The van der Waals surface area contributed by atoms with Gasteiger partial charge in [0.2, 0.25) is 0 Å². The van der Waals surface area contributed by atoms with Gasteiger partial charge in [-0.15, -0.1) is 0 Å². The van der Waals surface area contributed by atoms with Crippen molar-refractivity contribution < 1.29 is 9.53 Å². The minimum absolute atomic E-state index is 0.154. The second kappa shape index (κ2) is 19.9. The van der Waals surface area contributed by atoms with Crippen LogP contribution >= 0.6 is 0 Å². The van der Waals surface area contributed by atoms with Crippen LogP contribution in [0, 0.1) is 5.41 Å². The van der Waals surface area contributed by atoms with E-state index < -0.39 is 0 Å². The van der Waals surface area contributed by atoms with E-state index in [4.69, 9.17) is 4.74 Å². The van der Waals surface area contributed by atoms with E-state index >= 15 is 0 Å². The molecule has 1 rings (SSSR count). The van der Waals surface area contributed by atoms with E-state index in [1.54, 1.807) is 0 Å². The van der Waals surface area contributed by atoms with Gasteiger partial charge in [0.15, 0.2) is 0 Å². The molecule has 28 heavy (non-hydrogen) atoms. The van der Waals surface area contributed by atoms with E-state index in [0.717, 1.165) is 12.8 Å². The molecule has 3 nitrogen and oxygen atoms in total. The highest BCUT2D eigenvalue weighted by molar-refractivity contribution is 5.83. The van der Waals surface area contributed by atoms with Crippen molar-refractivity contribution in [2.45, 2.75) is 125 Å². The second-order valence-corrected chi connectivity index (χ2v) is 8.53. The SMILES string of the molecule is CC.CC.COC1CCN(CCCCCCCCCCC(=O)C(C)(C)C)CC1. The Labute approximate surface area is 178 Å². The van der Waals surface area contributed by atoms with E-state index in [1.807, 2.05) is 55.6 Å². The first-order valence-corrected chi connectivity index (χ1v) is 12.2. The van der Waals surface area contributed by atoms with Gasteiger partial charge in [0, 0.05) is 32.0 Å². The first-order chi connectivity index (χ1) is 13.4. The number of piperidine rings is 1. The molecule has 0 radical (unpaired) electrons. The summed E-state index contributed by atoms with van der Waals surface area (Å²) in [4.78, 5) is 14.4. The number of unbranched alkanes of at least 4 members (excludes halogenated alkanes) is 7. The molecule has 0 saturated carbocycles. The van der Waals surface area contributed by atoms with Crippen LogP contribution in [0.4, 0.5) is 0 Å². The van der Waals surface area contributed by atoms with Gasteiger partial charge in [-0.3, -0.25) is 4.79 Å². The number of hydrogen-bond acceptors (Lipinski definition) is 3. The average molecular weight is 400 g/mol. The zero-order valence-electron chi connectivity index (χ0n) is 20.7. The number of rotatable bonds is 12. The van der Waals surface area contributed by atoms with Crippen LogP contribution in [0.3, 0.4) is 0 Å². The summed E-state index contributed by atoms with van der Waals surface area (Å²) in [6, 6.07) is 0. The zero-order chi connectivity index (χ0) is 21.8. The van der Waals surface area contributed by atoms with E-state index in [9.17, 15) is 4.79 Å². The molecule has 0 amide bonds. The summed E-state index contributed by atoms with van der Waals surface area (Å²) in [6.07, 6.45) is 14.0. The number of methoxy groups -OCH3 is 1. The van der Waals surface area contributed by atoms with E-state index in [0.29, 0.717) is 11.9 Å². The van der Waals surface area contributed by atoms with Gasteiger partial charge in [0.05, 0.1) is 6.10 Å². The number of carbonyl (C=O) groups is 1. The lowest BCUT2D eigenvalue weighted by atomic mass is 9.88. The van der Waals surface area contributed by atoms with Crippen LogP contribution in [-0.4, -0.2) is 43.5 Å². The smallest absolute Gasteiger partial charge is 0.138 e. The average Bonchev–Trinajstić information content (AvgIpc) is 2.72. The summed E-state index contributed by atoms with van der Waals surface area (Å²) >= 11 is 0. The Balaban J connectivity index is 0. The lowest BCUT2D eigenvalue weighted by molar-refractivity contribution is -0.126. The molecule has 1 heterocycles. The van der Waals surface area contributed by atoms with Crippen LogP contribution in [0.5, 0.6) is 0 Å². The molecular formula is C25H53NO2. The molecule has 0 bridgehead atoms.